The summed E-state index contributed by atoms with van der Waals surface area (Å²) < 4.78 is 42.1. The number of H-pyrrole nitrogens is 1. The van der Waals surface area contributed by atoms with Gasteiger partial charge in [0.15, 0.2) is 6.10 Å². The molecule has 2 heterocycles. The number of nitrogens with zero attached hydrogens (tertiary/aromatic N) is 2. The Morgan fingerprint density at radius 1 is 1.31 bits per heavy atom. The maximum absolute atomic E-state index is 12.4. The first-order chi connectivity index (χ1) is 13.7. The molecule has 0 aliphatic carbocycles. The highest BCUT2D eigenvalue weighted by Gasteiger charge is 2.39. The summed E-state index contributed by atoms with van der Waals surface area (Å²) >= 11 is 0. The molecular weight excluding hydrogens is 387 g/mol. The molecule has 0 unspecified atom stereocenters. The predicted molar refractivity (Wildman–Crippen MR) is 102 cm³/mol. The van der Waals surface area contributed by atoms with E-state index >= 15 is 0 Å². The lowest BCUT2D eigenvalue weighted by Crippen LogP contribution is -2.34. The van der Waals surface area contributed by atoms with Crippen molar-refractivity contribution in [3.05, 3.63) is 60.6 Å². The molecule has 2 atom stereocenters. The summed E-state index contributed by atoms with van der Waals surface area (Å²) in [6.07, 6.45) is -5.94. The number of aromatic amines is 1. The Morgan fingerprint density at radius 2 is 2.03 bits per heavy atom. The van der Waals surface area contributed by atoms with Crippen LogP contribution in [0.2, 0.25) is 0 Å². The van der Waals surface area contributed by atoms with Crippen LogP contribution in [-0.4, -0.2) is 39.2 Å². The lowest BCUT2D eigenvalue weighted by molar-refractivity contribution is -0.210. The van der Waals surface area contributed by atoms with Crippen molar-refractivity contribution in [1.82, 2.24) is 20.5 Å². The lowest BCUT2D eigenvalue weighted by atomic mass is 10.1. The fourth-order valence-corrected chi connectivity index (χ4v) is 2.60. The first-order valence-electron chi connectivity index (χ1n) is 8.73. The van der Waals surface area contributed by atoms with Gasteiger partial charge in [-0.2, -0.15) is 13.2 Å². The number of aromatic nitrogens is 3. The minimum absolute atomic E-state index is 0.0205. The SMILES string of the molecule is C=C(Nc1cc2[nH]nc(OC[C@H](O)C(F)(F)F)c2cn1)N[C@H](C)c1ccccc1. The summed E-state index contributed by atoms with van der Waals surface area (Å²) in [5.74, 6) is 0.912. The Balaban J connectivity index is 1.62. The van der Waals surface area contributed by atoms with Gasteiger partial charge in [0.1, 0.15) is 12.4 Å². The monoisotopic (exact) mass is 407 g/mol. The zero-order valence-corrected chi connectivity index (χ0v) is 15.5. The lowest BCUT2D eigenvalue weighted by Gasteiger charge is -2.18. The first kappa shape index (κ1) is 20.5. The molecule has 0 aliphatic rings. The summed E-state index contributed by atoms with van der Waals surface area (Å²) in [4.78, 5) is 4.20. The zero-order valence-electron chi connectivity index (χ0n) is 15.5. The normalized spacial score (nSPS) is 13.7. The smallest absolute Gasteiger partial charge is 0.417 e. The number of rotatable bonds is 8. The minimum atomic E-state index is -4.76. The zero-order chi connectivity index (χ0) is 21.0. The van der Waals surface area contributed by atoms with Crippen molar-refractivity contribution in [2.75, 3.05) is 11.9 Å². The van der Waals surface area contributed by atoms with E-state index in [1.165, 1.54) is 6.20 Å². The number of pyridine rings is 1. The van der Waals surface area contributed by atoms with Crippen molar-refractivity contribution in [3.8, 4) is 5.88 Å². The summed E-state index contributed by atoms with van der Waals surface area (Å²) in [7, 11) is 0. The molecule has 3 aromatic rings. The molecule has 154 valence electrons. The predicted octanol–water partition coefficient (Wildman–Crippen LogP) is 3.49. The van der Waals surface area contributed by atoms with Crippen LogP contribution >= 0.6 is 0 Å². The van der Waals surface area contributed by atoms with Gasteiger partial charge in [-0.25, -0.2) is 4.98 Å². The molecule has 0 fully saturated rings. The number of anilines is 1. The third kappa shape index (κ3) is 5.17. The van der Waals surface area contributed by atoms with E-state index in [0.717, 1.165) is 5.56 Å². The van der Waals surface area contributed by atoms with Crippen LogP contribution in [-0.2, 0) is 0 Å². The topological polar surface area (TPSA) is 95.1 Å². The molecule has 29 heavy (non-hydrogen) atoms. The van der Waals surface area contributed by atoms with Crippen LogP contribution in [0.5, 0.6) is 5.88 Å². The van der Waals surface area contributed by atoms with Gasteiger partial charge >= 0.3 is 6.18 Å². The summed E-state index contributed by atoms with van der Waals surface area (Å²) in [6.45, 7) is 4.96. The average molecular weight is 407 g/mol. The van der Waals surface area contributed by atoms with E-state index in [1.807, 2.05) is 37.3 Å². The molecule has 0 aliphatic heterocycles. The second kappa shape index (κ2) is 8.39. The van der Waals surface area contributed by atoms with Gasteiger partial charge in [0.05, 0.1) is 16.7 Å². The summed E-state index contributed by atoms with van der Waals surface area (Å²) in [5, 5.41) is 22.1. The van der Waals surface area contributed by atoms with Crippen molar-refractivity contribution in [1.29, 1.82) is 0 Å². The van der Waals surface area contributed by atoms with Crippen LogP contribution in [0, 0.1) is 0 Å². The molecule has 4 N–H and O–H groups in total. The quantitative estimate of drug-likeness (QED) is 0.457. The number of aliphatic hydroxyl groups is 1. The van der Waals surface area contributed by atoms with Crippen LogP contribution in [0.3, 0.4) is 0 Å². The highest BCUT2D eigenvalue weighted by Crippen LogP contribution is 2.26. The summed E-state index contributed by atoms with van der Waals surface area (Å²) in [5.41, 5.74) is 1.60. The summed E-state index contributed by atoms with van der Waals surface area (Å²) in [6, 6.07) is 11.5. The highest BCUT2D eigenvalue weighted by molar-refractivity contribution is 5.85. The molecular formula is C19H20F3N5O2. The number of fused-ring (bicyclic) bond motifs is 1. The number of halogens is 3. The number of ether oxygens (including phenoxy) is 1. The van der Waals surface area contributed by atoms with E-state index in [0.29, 0.717) is 22.5 Å². The number of hydrogen-bond donors (Lipinski definition) is 4. The van der Waals surface area contributed by atoms with Crippen LogP contribution in [0.1, 0.15) is 18.5 Å². The van der Waals surface area contributed by atoms with Crippen LogP contribution in [0.15, 0.2) is 55.0 Å². The first-order valence-corrected chi connectivity index (χ1v) is 8.73. The number of hydrogen-bond acceptors (Lipinski definition) is 6. The van der Waals surface area contributed by atoms with Crippen molar-refractivity contribution in [3.63, 3.8) is 0 Å². The Hall–Kier alpha value is -3.27. The Labute approximate surface area is 164 Å². The van der Waals surface area contributed by atoms with E-state index in [2.05, 4.69) is 32.4 Å². The van der Waals surface area contributed by atoms with Gasteiger partial charge in [0.2, 0.25) is 5.88 Å². The number of alkyl halides is 3. The standard InChI is InChI=1S/C19H20F3N5O2/c1-11(13-6-4-3-5-7-13)24-12(2)25-17-8-15-14(9-23-17)18(27-26-15)29-10-16(28)19(20,21)22/h3-9,11,16,24,28H,2,10H2,1H3,(H,23,25)(H,26,27)/t11-,16+/m1/s1. The van der Waals surface area contributed by atoms with E-state index < -0.39 is 18.9 Å². The molecule has 0 saturated heterocycles. The highest BCUT2D eigenvalue weighted by atomic mass is 19.4. The third-order valence-electron chi connectivity index (χ3n) is 4.14. The second-order valence-electron chi connectivity index (χ2n) is 6.39. The van der Waals surface area contributed by atoms with E-state index in [-0.39, 0.29) is 11.9 Å². The third-order valence-corrected chi connectivity index (χ3v) is 4.14. The number of benzene rings is 1. The van der Waals surface area contributed by atoms with Gasteiger partial charge in [-0.05, 0) is 12.5 Å². The average Bonchev–Trinajstić information content (AvgIpc) is 3.08. The molecule has 0 radical (unpaired) electrons. The van der Waals surface area contributed by atoms with Crippen LogP contribution in [0.25, 0.3) is 10.9 Å². The molecule has 7 nitrogen and oxygen atoms in total. The molecule has 1 aromatic carbocycles. The van der Waals surface area contributed by atoms with Crippen LogP contribution in [0.4, 0.5) is 19.0 Å². The van der Waals surface area contributed by atoms with Crippen LogP contribution < -0.4 is 15.4 Å². The Morgan fingerprint density at radius 3 is 2.72 bits per heavy atom. The molecule has 10 heteroatoms. The van der Waals surface area contributed by atoms with Gasteiger partial charge in [0, 0.05) is 18.3 Å². The van der Waals surface area contributed by atoms with Gasteiger partial charge in [-0.15, -0.1) is 5.10 Å². The minimum Gasteiger partial charge on any atom is -0.473 e. The molecule has 0 spiro atoms. The van der Waals surface area contributed by atoms with E-state index in [4.69, 9.17) is 9.84 Å². The van der Waals surface area contributed by atoms with Crippen molar-refractivity contribution >= 4 is 16.7 Å². The Bertz CT molecular complexity index is 975. The fourth-order valence-electron chi connectivity index (χ4n) is 2.60. The van der Waals surface area contributed by atoms with Crippen molar-refractivity contribution in [2.24, 2.45) is 0 Å². The molecule has 0 saturated carbocycles. The largest absolute Gasteiger partial charge is 0.473 e. The maximum Gasteiger partial charge on any atom is 0.417 e. The Kier molecular flexibility index (Phi) is 5.92. The fraction of sp³-hybridized carbons (Fsp3) is 0.263. The van der Waals surface area contributed by atoms with Gasteiger partial charge < -0.3 is 20.5 Å². The van der Waals surface area contributed by atoms with E-state index in [9.17, 15) is 13.2 Å². The van der Waals surface area contributed by atoms with Gasteiger partial charge in [-0.1, -0.05) is 36.9 Å². The second-order valence-corrected chi connectivity index (χ2v) is 6.39. The maximum atomic E-state index is 12.4. The van der Waals surface area contributed by atoms with E-state index in [1.54, 1.807) is 6.07 Å². The molecule has 3 rings (SSSR count). The number of nitrogens with one attached hydrogen (secondary N) is 3. The van der Waals surface area contributed by atoms with Crippen molar-refractivity contribution < 1.29 is 23.0 Å². The van der Waals surface area contributed by atoms with Crippen molar-refractivity contribution in [2.45, 2.75) is 25.2 Å². The molecule has 0 bridgehead atoms. The number of aliphatic hydroxyl groups excluding tert-OH is 1. The van der Waals surface area contributed by atoms with Gasteiger partial charge in [-0.3, -0.25) is 5.10 Å². The molecule has 0 amide bonds. The molecule has 2 aromatic heterocycles. The van der Waals surface area contributed by atoms with Gasteiger partial charge in [0.25, 0.3) is 0 Å².